The summed E-state index contributed by atoms with van der Waals surface area (Å²) in [7, 11) is 0. The Morgan fingerprint density at radius 3 is 2.56 bits per heavy atom. The van der Waals surface area contributed by atoms with Gasteiger partial charge in [-0.25, -0.2) is 9.48 Å². The number of carbonyl (C=O) groups is 1. The van der Waals surface area contributed by atoms with Gasteiger partial charge in [0.1, 0.15) is 0 Å². The summed E-state index contributed by atoms with van der Waals surface area (Å²) < 4.78 is 9.89. The van der Waals surface area contributed by atoms with Gasteiger partial charge in [-0.2, -0.15) is 10.2 Å². The standard InChI is InChI=1S/C28H33N5O3/c1-4-13-32-25-16-20(11-12-21(25)18-29-32)26-17-22(19-36-28(3,5-2)27(34)35)30-33(26)24-10-7-6-9-23(24)31-14-8-15-31/h6-7,9-12,16-18H,4-5,8,13-15,19H2,1-3H3,(H,34,35). The molecule has 1 saturated heterocycles. The molecule has 1 unspecified atom stereocenters. The lowest BCUT2D eigenvalue weighted by Crippen LogP contribution is -2.37. The zero-order valence-electron chi connectivity index (χ0n) is 21.1. The van der Waals surface area contributed by atoms with E-state index in [1.165, 1.54) is 6.42 Å². The Labute approximate surface area is 211 Å². The van der Waals surface area contributed by atoms with Gasteiger partial charge in [-0.1, -0.05) is 38.1 Å². The molecule has 0 amide bonds. The Kier molecular flexibility index (Phi) is 6.53. The molecule has 0 radical (unpaired) electrons. The third-order valence-corrected chi connectivity index (χ3v) is 7.11. The first-order valence-corrected chi connectivity index (χ1v) is 12.7. The molecule has 0 spiro atoms. The van der Waals surface area contributed by atoms with E-state index in [9.17, 15) is 9.90 Å². The van der Waals surface area contributed by atoms with Gasteiger partial charge in [-0.15, -0.1) is 0 Å². The third kappa shape index (κ3) is 4.37. The molecular weight excluding hydrogens is 454 g/mol. The summed E-state index contributed by atoms with van der Waals surface area (Å²) in [5, 5.41) is 20.2. The number of para-hydroxylation sites is 2. The second-order valence-corrected chi connectivity index (χ2v) is 9.58. The van der Waals surface area contributed by atoms with Gasteiger partial charge in [0.2, 0.25) is 0 Å². The Morgan fingerprint density at radius 1 is 1.11 bits per heavy atom. The molecule has 1 aliphatic rings. The third-order valence-electron chi connectivity index (χ3n) is 7.11. The summed E-state index contributed by atoms with van der Waals surface area (Å²) in [6, 6.07) is 16.7. The number of hydrogen-bond donors (Lipinski definition) is 1. The fraction of sp³-hybridized carbons (Fsp3) is 0.393. The van der Waals surface area contributed by atoms with Crippen molar-refractivity contribution in [2.75, 3.05) is 18.0 Å². The van der Waals surface area contributed by atoms with Crippen LogP contribution < -0.4 is 4.90 Å². The minimum Gasteiger partial charge on any atom is -0.479 e. The van der Waals surface area contributed by atoms with Crippen molar-refractivity contribution < 1.29 is 14.6 Å². The maximum absolute atomic E-state index is 11.8. The Hall–Kier alpha value is -3.65. The number of fused-ring (bicyclic) bond motifs is 1. The zero-order valence-corrected chi connectivity index (χ0v) is 21.1. The van der Waals surface area contributed by atoms with Crippen molar-refractivity contribution in [3.05, 3.63) is 60.4 Å². The normalized spacial score (nSPS) is 15.1. The number of carboxylic acid groups (broad SMARTS) is 1. The van der Waals surface area contributed by atoms with Gasteiger partial charge in [0, 0.05) is 30.6 Å². The number of aryl methyl sites for hydroxylation is 1. The second kappa shape index (κ2) is 9.78. The molecule has 1 aliphatic heterocycles. The Bertz CT molecular complexity index is 1390. The van der Waals surface area contributed by atoms with Crippen molar-refractivity contribution >= 4 is 22.6 Å². The van der Waals surface area contributed by atoms with E-state index in [2.05, 4.69) is 53.3 Å². The number of carboxylic acids is 1. The molecule has 0 saturated carbocycles. The van der Waals surface area contributed by atoms with Gasteiger partial charge < -0.3 is 14.7 Å². The van der Waals surface area contributed by atoms with Gasteiger partial charge in [0.05, 0.1) is 41.1 Å². The molecule has 8 nitrogen and oxygen atoms in total. The first-order valence-electron chi connectivity index (χ1n) is 12.7. The highest BCUT2D eigenvalue weighted by Gasteiger charge is 2.32. The molecule has 1 N–H and O–H groups in total. The predicted octanol–water partition coefficient (Wildman–Crippen LogP) is 5.28. The molecule has 2 aromatic heterocycles. The average molecular weight is 488 g/mol. The van der Waals surface area contributed by atoms with Crippen LogP contribution in [0.4, 0.5) is 5.69 Å². The van der Waals surface area contributed by atoms with Crippen LogP contribution in [-0.4, -0.2) is 49.3 Å². The number of hydrogen-bond acceptors (Lipinski definition) is 5. The summed E-state index contributed by atoms with van der Waals surface area (Å²) in [4.78, 5) is 14.1. The molecule has 188 valence electrons. The molecule has 1 fully saturated rings. The lowest BCUT2D eigenvalue weighted by molar-refractivity contribution is -0.165. The van der Waals surface area contributed by atoms with Gasteiger partial charge in [-0.05, 0) is 50.5 Å². The van der Waals surface area contributed by atoms with Gasteiger partial charge in [-0.3, -0.25) is 4.68 Å². The van der Waals surface area contributed by atoms with Crippen LogP contribution in [0.15, 0.2) is 54.7 Å². The highest BCUT2D eigenvalue weighted by Crippen LogP contribution is 2.33. The first-order chi connectivity index (χ1) is 17.4. The number of anilines is 1. The Balaban J connectivity index is 1.60. The van der Waals surface area contributed by atoms with Crippen LogP contribution >= 0.6 is 0 Å². The molecule has 0 bridgehead atoms. The van der Waals surface area contributed by atoms with E-state index in [0.717, 1.165) is 59.6 Å². The zero-order chi connectivity index (χ0) is 25.3. The van der Waals surface area contributed by atoms with Crippen molar-refractivity contribution in [1.82, 2.24) is 19.6 Å². The van der Waals surface area contributed by atoms with E-state index in [1.807, 2.05) is 34.6 Å². The maximum Gasteiger partial charge on any atom is 0.335 e. The Morgan fingerprint density at radius 2 is 1.89 bits per heavy atom. The SMILES string of the molecule is CCCn1ncc2ccc(-c3cc(COC(C)(CC)C(=O)O)nn3-c3ccccc3N3CCC3)cc21. The smallest absolute Gasteiger partial charge is 0.335 e. The van der Waals surface area contributed by atoms with Gasteiger partial charge >= 0.3 is 5.97 Å². The molecule has 0 aliphatic carbocycles. The summed E-state index contributed by atoms with van der Waals surface area (Å²) >= 11 is 0. The van der Waals surface area contributed by atoms with Crippen LogP contribution in [-0.2, 0) is 22.7 Å². The van der Waals surface area contributed by atoms with E-state index < -0.39 is 11.6 Å². The van der Waals surface area contributed by atoms with Crippen molar-refractivity contribution in [3.63, 3.8) is 0 Å². The van der Waals surface area contributed by atoms with E-state index in [0.29, 0.717) is 12.1 Å². The van der Waals surface area contributed by atoms with Crippen molar-refractivity contribution in [2.45, 2.75) is 58.8 Å². The molecule has 3 heterocycles. The van der Waals surface area contributed by atoms with E-state index >= 15 is 0 Å². The van der Waals surface area contributed by atoms with Crippen LogP contribution in [0.25, 0.3) is 27.8 Å². The van der Waals surface area contributed by atoms with Crippen molar-refractivity contribution in [1.29, 1.82) is 0 Å². The highest BCUT2D eigenvalue weighted by atomic mass is 16.5. The van der Waals surface area contributed by atoms with Gasteiger partial charge in [0.25, 0.3) is 0 Å². The van der Waals surface area contributed by atoms with Crippen LogP contribution in [0.5, 0.6) is 0 Å². The van der Waals surface area contributed by atoms with Crippen molar-refractivity contribution in [2.24, 2.45) is 0 Å². The average Bonchev–Trinajstić information content (AvgIpc) is 3.46. The fourth-order valence-electron chi connectivity index (χ4n) is 4.53. The maximum atomic E-state index is 11.8. The van der Waals surface area contributed by atoms with Crippen LogP contribution in [0, 0.1) is 0 Å². The monoisotopic (exact) mass is 487 g/mol. The topological polar surface area (TPSA) is 85.4 Å². The number of ether oxygens (including phenoxy) is 1. The number of aromatic nitrogens is 4. The molecule has 36 heavy (non-hydrogen) atoms. The number of nitrogens with zero attached hydrogens (tertiary/aromatic N) is 5. The summed E-state index contributed by atoms with van der Waals surface area (Å²) in [5.41, 5.74) is 4.60. The molecule has 8 heteroatoms. The number of aliphatic carboxylic acids is 1. The molecular formula is C28H33N5O3. The van der Waals surface area contributed by atoms with Crippen LogP contribution in [0.1, 0.15) is 45.7 Å². The minimum atomic E-state index is -1.26. The molecule has 4 aromatic rings. The fourth-order valence-corrected chi connectivity index (χ4v) is 4.53. The predicted molar refractivity (Wildman–Crippen MR) is 141 cm³/mol. The molecule has 2 aromatic carbocycles. The second-order valence-electron chi connectivity index (χ2n) is 9.58. The van der Waals surface area contributed by atoms with E-state index in [4.69, 9.17) is 9.84 Å². The lowest BCUT2D eigenvalue weighted by Gasteiger charge is -2.34. The lowest BCUT2D eigenvalue weighted by atomic mass is 10.0. The minimum absolute atomic E-state index is 0.110. The number of rotatable bonds is 10. The van der Waals surface area contributed by atoms with Gasteiger partial charge in [0.15, 0.2) is 5.60 Å². The van der Waals surface area contributed by atoms with E-state index in [1.54, 1.807) is 6.92 Å². The summed E-state index contributed by atoms with van der Waals surface area (Å²) in [5.74, 6) is -0.970. The molecule has 5 rings (SSSR count). The van der Waals surface area contributed by atoms with Crippen LogP contribution in [0.2, 0.25) is 0 Å². The largest absolute Gasteiger partial charge is 0.479 e. The van der Waals surface area contributed by atoms with E-state index in [-0.39, 0.29) is 6.61 Å². The van der Waals surface area contributed by atoms with Crippen molar-refractivity contribution in [3.8, 4) is 16.9 Å². The summed E-state index contributed by atoms with van der Waals surface area (Å²) in [6.45, 7) is 8.59. The number of benzene rings is 2. The highest BCUT2D eigenvalue weighted by molar-refractivity contribution is 5.84. The quantitative estimate of drug-likeness (QED) is 0.328. The van der Waals surface area contributed by atoms with Crippen LogP contribution in [0.3, 0.4) is 0 Å². The molecule has 1 atom stereocenters. The summed E-state index contributed by atoms with van der Waals surface area (Å²) in [6.07, 6.45) is 4.46. The first kappa shape index (κ1) is 24.1.